The van der Waals surface area contributed by atoms with E-state index >= 15 is 0 Å². The van der Waals surface area contributed by atoms with E-state index < -0.39 is 21.9 Å². The molecule has 250 valence electrons. The van der Waals surface area contributed by atoms with Crippen molar-refractivity contribution in [1.29, 1.82) is 0 Å². The molecule has 3 aliphatic heterocycles. The second kappa shape index (κ2) is 13.7. The van der Waals surface area contributed by atoms with Gasteiger partial charge < -0.3 is 29.7 Å². The van der Waals surface area contributed by atoms with E-state index in [1.165, 1.54) is 0 Å². The molecule has 0 radical (unpaired) electrons. The van der Waals surface area contributed by atoms with E-state index in [0.29, 0.717) is 38.2 Å². The summed E-state index contributed by atoms with van der Waals surface area (Å²) in [5, 5.41) is 12.6. The molecule has 11 heteroatoms. The van der Waals surface area contributed by atoms with Crippen LogP contribution in [0.15, 0.2) is 114 Å². The number of nitrogens with zero attached hydrogens (tertiary/aromatic N) is 2. The fraction of sp³-hybridized carbons (Fsp3) is 0.324. The molecule has 0 aromatic heterocycles. The van der Waals surface area contributed by atoms with Crippen LogP contribution in [-0.4, -0.2) is 62.3 Å². The van der Waals surface area contributed by atoms with E-state index in [9.17, 15) is 18.3 Å². The predicted molar refractivity (Wildman–Crippen MR) is 182 cm³/mol. The summed E-state index contributed by atoms with van der Waals surface area (Å²) < 4.78 is 41.4. The van der Waals surface area contributed by atoms with Crippen molar-refractivity contribution < 1.29 is 27.8 Å². The second-order valence-corrected chi connectivity index (χ2v) is 14.3. The molecule has 0 bridgehead atoms. The van der Waals surface area contributed by atoms with Gasteiger partial charge in [0.15, 0.2) is 6.29 Å². The topological polar surface area (TPSA) is 120 Å². The third kappa shape index (κ3) is 6.69. The van der Waals surface area contributed by atoms with E-state index in [4.69, 9.17) is 9.47 Å². The Kier molecular flexibility index (Phi) is 9.21. The number of rotatable bonds is 9. The minimum absolute atomic E-state index is 0.0310. The highest BCUT2D eigenvalue weighted by Crippen LogP contribution is 2.40. The van der Waals surface area contributed by atoms with Gasteiger partial charge in [-0.25, -0.2) is 8.42 Å². The lowest BCUT2D eigenvalue weighted by molar-refractivity contribution is -0.253. The Bertz CT molecular complexity index is 1800. The smallest absolute Gasteiger partial charge is 0.261 e. The van der Waals surface area contributed by atoms with Crippen molar-refractivity contribution in [3.63, 3.8) is 0 Å². The van der Waals surface area contributed by atoms with Gasteiger partial charge in [-0.1, -0.05) is 72.8 Å². The lowest BCUT2D eigenvalue weighted by Gasteiger charge is -2.45. The van der Waals surface area contributed by atoms with Crippen LogP contribution < -0.4 is 14.9 Å². The summed E-state index contributed by atoms with van der Waals surface area (Å²) in [6.07, 6.45) is 1.00. The van der Waals surface area contributed by atoms with Gasteiger partial charge >= 0.3 is 0 Å². The van der Waals surface area contributed by atoms with Gasteiger partial charge in [-0.15, -0.1) is 0 Å². The SMILES string of the molecule is O=C1NCN(c2ccccc2)C12CCN(C[C@H]1C[C@@H](c3ccc(CO)cc3)O[C@@H](c3ccc(NS(=O)(=O)c4ccccc4)cc3)O1)CC2. The number of anilines is 2. The Hall–Kier alpha value is -4.26. The number of sulfonamides is 1. The third-order valence-corrected chi connectivity index (χ3v) is 11.1. The zero-order valence-electron chi connectivity index (χ0n) is 26.6. The van der Waals surface area contributed by atoms with Crippen molar-refractivity contribution in [2.45, 2.75) is 54.8 Å². The van der Waals surface area contributed by atoms with Crippen LogP contribution in [0, 0.1) is 0 Å². The van der Waals surface area contributed by atoms with Crippen molar-refractivity contribution in [3.05, 3.63) is 126 Å². The maximum absolute atomic E-state index is 13.2. The molecule has 48 heavy (non-hydrogen) atoms. The first-order chi connectivity index (χ1) is 23.3. The van der Waals surface area contributed by atoms with Gasteiger partial charge in [0.05, 0.1) is 30.4 Å². The van der Waals surface area contributed by atoms with Gasteiger partial charge in [0.1, 0.15) is 5.54 Å². The molecule has 7 rings (SSSR count). The lowest BCUT2D eigenvalue weighted by Crippen LogP contribution is -2.57. The Morgan fingerprint density at radius 2 is 1.48 bits per heavy atom. The molecular weight excluding hydrogens is 628 g/mol. The number of carbonyl (C=O) groups is 1. The maximum Gasteiger partial charge on any atom is 0.261 e. The number of benzene rings is 4. The molecule has 10 nitrogen and oxygen atoms in total. The summed E-state index contributed by atoms with van der Waals surface area (Å²) in [6.45, 7) is 2.68. The van der Waals surface area contributed by atoms with E-state index in [2.05, 4.69) is 32.0 Å². The summed E-state index contributed by atoms with van der Waals surface area (Å²) in [5.74, 6) is 0.0919. The Morgan fingerprint density at radius 3 is 2.15 bits per heavy atom. The van der Waals surface area contributed by atoms with E-state index in [1.54, 1.807) is 42.5 Å². The molecule has 4 aromatic rings. The molecule has 3 heterocycles. The monoisotopic (exact) mass is 668 g/mol. The zero-order chi connectivity index (χ0) is 33.1. The van der Waals surface area contributed by atoms with Crippen molar-refractivity contribution >= 4 is 27.3 Å². The average molecular weight is 669 g/mol. The number of hydrogen-bond acceptors (Lipinski definition) is 8. The Labute approximate surface area is 281 Å². The minimum atomic E-state index is -3.72. The van der Waals surface area contributed by atoms with Crippen LogP contribution in [0.25, 0.3) is 0 Å². The number of piperidine rings is 1. The predicted octanol–water partition coefficient (Wildman–Crippen LogP) is 4.95. The summed E-state index contributed by atoms with van der Waals surface area (Å²) in [4.78, 5) is 18.0. The summed E-state index contributed by atoms with van der Waals surface area (Å²) >= 11 is 0. The third-order valence-electron chi connectivity index (χ3n) is 9.65. The molecule has 3 fully saturated rings. The summed E-state index contributed by atoms with van der Waals surface area (Å²) in [6, 6.07) is 33.2. The molecule has 0 saturated carbocycles. The van der Waals surface area contributed by atoms with Crippen LogP contribution in [0.4, 0.5) is 11.4 Å². The highest BCUT2D eigenvalue weighted by Gasteiger charge is 2.50. The van der Waals surface area contributed by atoms with Crippen molar-refractivity contribution in [3.8, 4) is 0 Å². The van der Waals surface area contributed by atoms with Gasteiger partial charge in [0.2, 0.25) is 5.91 Å². The fourth-order valence-electron chi connectivity index (χ4n) is 6.98. The molecule has 0 aliphatic carbocycles. The largest absolute Gasteiger partial charge is 0.392 e. The molecular formula is C37H40N4O6S. The maximum atomic E-state index is 13.2. The quantitative estimate of drug-likeness (QED) is 0.229. The second-order valence-electron chi connectivity index (χ2n) is 12.7. The molecule has 3 aliphatic rings. The van der Waals surface area contributed by atoms with Crippen LogP contribution in [0.2, 0.25) is 0 Å². The van der Waals surface area contributed by atoms with Crippen molar-refractivity contribution in [2.75, 3.05) is 35.9 Å². The van der Waals surface area contributed by atoms with Crippen LogP contribution in [-0.2, 0) is 30.9 Å². The highest BCUT2D eigenvalue weighted by molar-refractivity contribution is 7.92. The first kappa shape index (κ1) is 32.3. The number of para-hydroxylation sites is 1. The number of likely N-dealkylation sites (tertiary alicyclic amines) is 1. The number of amides is 1. The average Bonchev–Trinajstić information content (AvgIpc) is 3.44. The van der Waals surface area contributed by atoms with Crippen LogP contribution in [0.1, 0.15) is 48.3 Å². The number of aliphatic hydroxyl groups excluding tert-OH is 1. The van der Waals surface area contributed by atoms with E-state index in [-0.39, 0.29) is 29.6 Å². The number of carbonyl (C=O) groups excluding carboxylic acids is 1. The van der Waals surface area contributed by atoms with Crippen LogP contribution >= 0.6 is 0 Å². The molecule has 3 N–H and O–H groups in total. The van der Waals surface area contributed by atoms with Gasteiger partial charge in [-0.3, -0.25) is 9.52 Å². The normalized spacial score (nSPS) is 22.8. The van der Waals surface area contributed by atoms with Crippen LogP contribution in [0.3, 0.4) is 0 Å². The van der Waals surface area contributed by atoms with Gasteiger partial charge in [-0.2, -0.15) is 0 Å². The first-order valence-electron chi connectivity index (χ1n) is 16.3. The van der Waals surface area contributed by atoms with Crippen molar-refractivity contribution in [1.82, 2.24) is 10.2 Å². The zero-order valence-corrected chi connectivity index (χ0v) is 27.4. The number of hydrogen-bond donors (Lipinski definition) is 3. The van der Waals surface area contributed by atoms with Gasteiger partial charge in [0.25, 0.3) is 10.0 Å². The Morgan fingerprint density at radius 1 is 0.833 bits per heavy atom. The summed E-state index contributed by atoms with van der Waals surface area (Å²) in [7, 11) is -3.72. The molecule has 1 amide bonds. The highest BCUT2D eigenvalue weighted by atomic mass is 32.2. The number of aliphatic hydroxyl groups is 1. The number of nitrogens with one attached hydrogen (secondary N) is 2. The minimum Gasteiger partial charge on any atom is -0.392 e. The van der Waals surface area contributed by atoms with Crippen molar-refractivity contribution in [2.24, 2.45) is 0 Å². The molecule has 3 saturated heterocycles. The van der Waals surface area contributed by atoms with E-state index in [1.807, 2.05) is 54.6 Å². The molecule has 1 spiro atoms. The lowest BCUT2D eigenvalue weighted by atomic mass is 9.85. The first-order valence-corrected chi connectivity index (χ1v) is 17.8. The van der Waals surface area contributed by atoms with Crippen LogP contribution in [0.5, 0.6) is 0 Å². The van der Waals surface area contributed by atoms with E-state index in [0.717, 1.165) is 35.5 Å². The molecule has 3 atom stereocenters. The number of ether oxygens (including phenoxy) is 2. The standard InChI is InChI=1S/C37H40N4O6S/c42-25-27-11-13-28(14-12-27)34-23-32(24-40-21-19-37(20-22-40)36(43)38-26-41(37)31-7-3-1-4-8-31)46-35(47-34)29-15-17-30(18-16-29)39-48(44,45)33-9-5-2-6-10-33/h1-18,32,34-35,39,42H,19-26H2,(H,38,43)/t32-,34+,35+/m1/s1. The van der Waals surface area contributed by atoms with Gasteiger partial charge in [-0.05, 0) is 60.4 Å². The molecule has 0 unspecified atom stereocenters. The Balaban J connectivity index is 1.06. The van der Waals surface area contributed by atoms with Gasteiger partial charge in [0, 0.05) is 43.0 Å². The fourth-order valence-corrected chi connectivity index (χ4v) is 8.06. The summed E-state index contributed by atoms with van der Waals surface area (Å²) in [5.41, 5.74) is 3.53. The molecule has 4 aromatic carbocycles.